The number of fused-ring (bicyclic) bond motifs is 3. The summed E-state index contributed by atoms with van der Waals surface area (Å²) in [6.07, 6.45) is 3.94. The van der Waals surface area contributed by atoms with Crippen molar-refractivity contribution >= 4 is 33.9 Å². The Labute approximate surface area is 215 Å². The Hall–Kier alpha value is -4.24. The smallest absolute Gasteiger partial charge is 0.439 e. The molecule has 1 aromatic carbocycles. The SMILES string of the molecule is CC(=C1c2ccccc2OCc2nc(Cn3c(C4CC4)nc4c(Cl)ccnc43)ccc21)c1noc(=O)[nH]1. The van der Waals surface area contributed by atoms with E-state index >= 15 is 0 Å². The molecule has 10 heteroatoms. The zero-order valence-corrected chi connectivity index (χ0v) is 20.6. The quantitative estimate of drug-likeness (QED) is 0.362. The molecule has 0 bridgehead atoms. The van der Waals surface area contributed by atoms with Crippen molar-refractivity contribution in [2.24, 2.45) is 0 Å². The summed E-state index contributed by atoms with van der Waals surface area (Å²) in [4.78, 5) is 28.8. The minimum Gasteiger partial charge on any atom is -0.487 e. The number of ether oxygens (including phenoxy) is 1. The van der Waals surface area contributed by atoms with E-state index in [1.807, 2.05) is 37.3 Å². The molecule has 37 heavy (non-hydrogen) atoms. The lowest BCUT2D eigenvalue weighted by Gasteiger charge is -2.14. The summed E-state index contributed by atoms with van der Waals surface area (Å²) < 4.78 is 13.1. The van der Waals surface area contributed by atoms with Gasteiger partial charge in [-0.15, -0.1) is 0 Å². The normalized spacial score (nSPS) is 16.2. The van der Waals surface area contributed by atoms with Crippen molar-refractivity contribution < 1.29 is 9.26 Å². The van der Waals surface area contributed by atoms with Crippen LogP contribution in [0.2, 0.25) is 5.02 Å². The van der Waals surface area contributed by atoms with Crippen LogP contribution in [0.1, 0.15) is 59.8 Å². The molecule has 0 atom stereocenters. The summed E-state index contributed by atoms with van der Waals surface area (Å²) in [6, 6.07) is 13.6. The van der Waals surface area contributed by atoms with Gasteiger partial charge in [-0.3, -0.25) is 14.5 Å². The zero-order chi connectivity index (χ0) is 25.1. The number of pyridine rings is 2. The Morgan fingerprint density at radius 1 is 1.14 bits per heavy atom. The molecule has 0 spiro atoms. The Balaban J connectivity index is 1.36. The fourth-order valence-electron chi connectivity index (χ4n) is 4.95. The topological polar surface area (TPSA) is 112 Å². The monoisotopic (exact) mass is 512 g/mol. The van der Waals surface area contributed by atoms with E-state index in [0.29, 0.717) is 29.9 Å². The van der Waals surface area contributed by atoms with Gasteiger partial charge >= 0.3 is 5.76 Å². The van der Waals surface area contributed by atoms with Gasteiger partial charge in [-0.2, -0.15) is 0 Å². The van der Waals surface area contributed by atoms with Crippen LogP contribution in [0.15, 0.2) is 58.0 Å². The van der Waals surface area contributed by atoms with Crippen molar-refractivity contribution in [3.8, 4) is 5.75 Å². The lowest BCUT2D eigenvalue weighted by molar-refractivity contribution is 0.302. The maximum Gasteiger partial charge on any atom is 0.439 e. The molecule has 184 valence electrons. The number of para-hydroxylation sites is 1. The Morgan fingerprint density at radius 3 is 2.81 bits per heavy atom. The Morgan fingerprint density at radius 2 is 2.00 bits per heavy atom. The minimum atomic E-state index is -0.602. The van der Waals surface area contributed by atoms with Gasteiger partial charge in [-0.25, -0.2) is 14.8 Å². The molecular weight excluding hydrogens is 492 g/mol. The molecule has 9 nitrogen and oxygen atoms in total. The molecule has 1 N–H and O–H groups in total. The minimum absolute atomic E-state index is 0.302. The molecule has 7 rings (SSSR count). The van der Waals surface area contributed by atoms with Gasteiger partial charge in [0.1, 0.15) is 23.7 Å². The van der Waals surface area contributed by atoms with Crippen LogP contribution in [-0.2, 0) is 13.2 Å². The third-order valence-corrected chi connectivity index (χ3v) is 7.17. The summed E-state index contributed by atoms with van der Waals surface area (Å²) in [5.41, 5.74) is 6.59. The van der Waals surface area contributed by atoms with Crippen LogP contribution in [0.3, 0.4) is 0 Å². The first kappa shape index (κ1) is 22.0. The van der Waals surface area contributed by atoms with Gasteiger partial charge in [0, 0.05) is 34.4 Å². The second-order valence-corrected chi connectivity index (χ2v) is 9.73. The molecule has 0 saturated heterocycles. The number of nitrogens with one attached hydrogen (secondary N) is 1. The summed E-state index contributed by atoms with van der Waals surface area (Å²) in [6.45, 7) is 2.72. The first-order chi connectivity index (χ1) is 18.1. The standard InChI is InChI=1S/C27H21ClN6O3/c1-14(24-32-27(35)37-33-24)22-17-9-8-16(30-20(17)13-36-21-5-3-2-4-18(21)22)12-34-25(15-6-7-15)31-23-19(28)10-11-29-26(23)34/h2-5,8-11,15H,6-7,12-13H2,1H3,(H,32,33,35). The van der Waals surface area contributed by atoms with E-state index in [-0.39, 0.29) is 0 Å². The van der Waals surface area contributed by atoms with Crippen molar-refractivity contribution in [3.05, 3.63) is 98.4 Å². The molecule has 5 aromatic rings. The van der Waals surface area contributed by atoms with Crippen LogP contribution in [-0.4, -0.2) is 29.7 Å². The van der Waals surface area contributed by atoms with E-state index in [9.17, 15) is 4.79 Å². The zero-order valence-electron chi connectivity index (χ0n) is 19.9. The second kappa shape index (κ2) is 8.41. The van der Waals surface area contributed by atoms with Crippen LogP contribution < -0.4 is 10.5 Å². The summed E-state index contributed by atoms with van der Waals surface area (Å²) in [5.74, 6) is 1.93. The average Bonchev–Trinajstić information content (AvgIpc) is 3.59. The molecule has 1 aliphatic carbocycles. The predicted molar refractivity (Wildman–Crippen MR) is 137 cm³/mol. The van der Waals surface area contributed by atoms with Crippen LogP contribution in [0.4, 0.5) is 0 Å². The third-order valence-electron chi connectivity index (χ3n) is 6.87. The fraction of sp³-hybridized carbons (Fsp3) is 0.222. The highest BCUT2D eigenvalue weighted by atomic mass is 35.5. The predicted octanol–water partition coefficient (Wildman–Crippen LogP) is 4.95. The van der Waals surface area contributed by atoms with Crippen molar-refractivity contribution in [3.63, 3.8) is 0 Å². The molecule has 0 amide bonds. The van der Waals surface area contributed by atoms with E-state index in [2.05, 4.69) is 25.8 Å². The molecule has 1 saturated carbocycles. The van der Waals surface area contributed by atoms with Gasteiger partial charge in [-0.05, 0) is 38.0 Å². The van der Waals surface area contributed by atoms with E-state index in [1.54, 1.807) is 12.3 Å². The lowest BCUT2D eigenvalue weighted by atomic mass is 9.92. The van der Waals surface area contributed by atoms with Crippen LogP contribution in [0, 0.1) is 0 Å². The maximum atomic E-state index is 11.7. The first-order valence-electron chi connectivity index (χ1n) is 12.1. The third kappa shape index (κ3) is 3.74. The Bertz CT molecular complexity index is 1780. The largest absolute Gasteiger partial charge is 0.487 e. The van der Waals surface area contributed by atoms with Crippen molar-refractivity contribution in [2.45, 2.75) is 38.8 Å². The molecule has 0 radical (unpaired) electrons. The van der Waals surface area contributed by atoms with Gasteiger partial charge in [-0.1, -0.05) is 41.0 Å². The number of nitrogens with zero attached hydrogens (tertiary/aromatic N) is 5. The van der Waals surface area contributed by atoms with Gasteiger partial charge < -0.3 is 9.30 Å². The number of H-pyrrole nitrogens is 1. The number of hydrogen-bond acceptors (Lipinski definition) is 7. The number of aromatic nitrogens is 6. The number of hydrogen-bond donors (Lipinski definition) is 1. The van der Waals surface area contributed by atoms with Crippen molar-refractivity contribution in [1.82, 2.24) is 29.7 Å². The van der Waals surface area contributed by atoms with E-state index in [4.69, 9.17) is 30.8 Å². The molecule has 4 aromatic heterocycles. The Kier molecular flexibility index (Phi) is 5.00. The average molecular weight is 513 g/mol. The first-order valence-corrected chi connectivity index (χ1v) is 12.4. The number of aromatic amines is 1. The maximum absolute atomic E-state index is 11.7. The van der Waals surface area contributed by atoms with Gasteiger partial charge in [0.25, 0.3) is 0 Å². The molecule has 2 aliphatic rings. The van der Waals surface area contributed by atoms with Crippen LogP contribution in [0.5, 0.6) is 5.75 Å². The summed E-state index contributed by atoms with van der Waals surface area (Å²) >= 11 is 6.44. The molecule has 0 unspecified atom stereocenters. The van der Waals surface area contributed by atoms with Gasteiger partial charge in [0.2, 0.25) is 0 Å². The lowest BCUT2D eigenvalue weighted by Crippen LogP contribution is -2.09. The molecule has 5 heterocycles. The molecule has 1 aliphatic heterocycles. The van der Waals surface area contributed by atoms with Crippen LogP contribution >= 0.6 is 11.6 Å². The number of imidazole rings is 1. The van der Waals surface area contributed by atoms with Gasteiger partial charge in [0.15, 0.2) is 11.5 Å². The van der Waals surface area contributed by atoms with E-state index in [0.717, 1.165) is 69.2 Å². The van der Waals surface area contributed by atoms with Crippen molar-refractivity contribution in [2.75, 3.05) is 0 Å². The molecule has 1 fully saturated rings. The number of rotatable bonds is 4. The molecular formula is C27H21ClN6O3. The highest BCUT2D eigenvalue weighted by Gasteiger charge is 2.31. The number of benzene rings is 1. The van der Waals surface area contributed by atoms with Crippen LogP contribution in [0.25, 0.3) is 22.3 Å². The highest BCUT2D eigenvalue weighted by molar-refractivity contribution is 6.34. The summed E-state index contributed by atoms with van der Waals surface area (Å²) in [7, 11) is 0. The number of halogens is 1. The van der Waals surface area contributed by atoms with E-state index in [1.165, 1.54) is 0 Å². The number of allylic oxidation sites excluding steroid dienone is 1. The van der Waals surface area contributed by atoms with Crippen molar-refractivity contribution in [1.29, 1.82) is 0 Å². The summed E-state index contributed by atoms with van der Waals surface area (Å²) in [5, 5.41) is 4.51. The highest BCUT2D eigenvalue weighted by Crippen LogP contribution is 2.42. The van der Waals surface area contributed by atoms with E-state index < -0.39 is 5.76 Å². The fourth-order valence-corrected chi connectivity index (χ4v) is 5.14. The second-order valence-electron chi connectivity index (χ2n) is 9.32. The van der Waals surface area contributed by atoms with Gasteiger partial charge in [0.05, 0.1) is 23.0 Å².